The number of nitrogens with zero attached hydrogens (tertiary/aromatic N) is 1. The van der Waals surface area contributed by atoms with Crippen molar-refractivity contribution in [3.8, 4) is 0 Å². The molecule has 0 spiro atoms. The number of carbonyl (C=O) groups excluding carboxylic acids is 3. The molecule has 0 aromatic carbocycles. The van der Waals surface area contributed by atoms with Gasteiger partial charge in [0.2, 0.25) is 0 Å². The zero-order valence-corrected chi connectivity index (χ0v) is 22.6. The second-order valence-corrected chi connectivity index (χ2v) is 12.1. The molecule has 37 heavy (non-hydrogen) atoms. The van der Waals surface area contributed by atoms with Crippen LogP contribution in [0, 0.1) is 29.1 Å². The Morgan fingerprint density at radius 3 is 2.41 bits per heavy atom. The van der Waals surface area contributed by atoms with E-state index in [0.29, 0.717) is 32.1 Å². The molecule has 212 valence electrons. The van der Waals surface area contributed by atoms with Crippen molar-refractivity contribution in [3.63, 3.8) is 0 Å². The van der Waals surface area contributed by atoms with Crippen molar-refractivity contribution in [3.05, 3.63) is 0 Å². The second kappa shape index (κ2) is 11.5. The quantitative estimate of drug-likeness (QED) is 0.479. The zero-order chi connectivity index (χ0) is 27.7. The summed E-state index contributed by atoms with van der Waals surface area (Å²) in [6.07, 6.45) is -2.23. The van der Waals surface area contributed by atoms with Crippen molar-refractivity contribution in [2.45, 2.75) is 116 Å². The summed E-state index contributed by atoms with van der Waals surface area (Å²) in [4.78, 5) is 37.7. The number of aliphatic hydroxyl groups excluding tert-OH is 1. The summed E-state index contributed by atoms with van der Waals surface area (Å²) in [5.74, 6) is -2.33. The fraction of sp³-hybridized carbons (Fsp3) is 0.889. The lowest BCUT2D eigenvalue weighted by Crippen LogP contribution is -2.55. The van der Waals surface area contributed by atoms with Gasteiger partial charge < -0.3 is 19.5 Å². The second-order valence-electron chi connectivity index (χ2n) is 12.1. The lowest BCUT2D eigenvalue weighted by Gasteiger charge is -2.52. The van der Waals surface area contributed by atoms with Crippen LogP contribution in [0.25, 0.3) is 0 Å². The summed E-state index contributed by atoms with van der Waals surface area (Å²) in [5, 5.41) is 9.98. The highest BCUT2D eigenvalue weighted by Gasteiger charge is 2.51. The van der Waals surface area contributed by atoms with Crippen molar-refractivity contribution < 1.29 is 42.1 Å². The van der Waals surface area contributed by atoms with E-state index in [1.165, 1.54) is 7.05 Å². The Morgan fingerprint density at radius 2 is 1.81 bits per heavy atom. The summed E-state index contributed by atoms with van der Waals surface area (Å²) in [7, 11) is 1.18. The fourth-order valence-electron chi connectivity index (χ4n) is 6.48. The number of hydrogen-bond donors (Lipinski definition) is 1. The molecule has 1 heterocycles. The molecule has 1 aliphatic heterocycles. The molecule has 7 nitrogen and oxygen atoms in total. The first-order chi connectivity index (χ1) is 17.1. The lowest BCUT2D eigenvalue weighted by atomic mass is 9.58. The maximum atomic E-state index is 13.2. The van der Waals surface area contributed by atoms with Crippen LogP contribution >= 0.6 is 0 Å². The molecule has 1 N–H and O–H groups in total. The Bertz CT molecular complexity index is 846. The average molecular weight is 534 g/mol. The maximum Gasteiger partial charge on any atom is 0.471 e. The molecule has 2 aliphatic carbocycles. The summed E-state index contributed by atoms with van der Waals surface area (Å²) < 4.78 is 51.2. The highest BCUT2D eigenvalue weighted by atomic mass is 19.4. The Kier molecular flexibility index (Phi) is 9.23. The van der Waals surface area contributed by atoms with Gasteiger partial charge in [-0.15, -0.1) is 0 Å². The molecule has 2 saturated carbocycles. The van der Waals surface area contributed by atoms with E-state index in [9.17, 15) is 32.7 Å². The van der Waals surface area contributed by atoms with Crippen LogP contribution in [0.15, 0.2) is 0 Å². The molecule has 0 radical (unpaired) electrons. The van der Waals surface area contributed by atoms with Crippen LogP contribution < -0.4 is 0 Å². The van der Waals surface area contributed by atoms with Crippen molar-refractivity contribution in [1.82, 2.24) is 4.90 Å². The number of carbonyl (C=O) groups is 3. The maximum absolute atomic E-state index is 13.2. The fourth-order valence-corrected chi connectivity index (χ4v) is 6.48. The molecule has 0 aromatic rings. The molecule has 3 aliphatic rings. The van der Waals surface area contributed by atoms with E-state index in [1.54, 1.807) is 13.8 Å². The molecule has 1 amide bonds. The van der Waals surface area contributed by atoms with Crippen LogP contribution in [0.1, 0.15) is 85.5 Å². The number of esters is 2. The number of ether oxygens (including phenoxy) is 2. The van der Waals surface area contributed by atoms with Gasteiger partial charge in [0.05, 0.1) is 17.9 Å². The zero-order valence-electron chi connectivity index (χ0n) is 22.6. The molecule has 8 atom stereocenters. The summed E-state index contributed by atoms with van der Waals surface area (Å²) >= 11 is 0. The first-order valence-corrected chi connectivity index (χ1v) is 13.6. The number of rotatable bonds is 7. The average Bonchev–Trinajstić information content (AvgIpc) is 2.81. The molecule has 0 bridgehead atoms. The van der Waals surface area contributed by atoms with Crippen LogP contribution in [0.3, 0.4) is 0 Å². The third-order valence-electron chi connectivity index (χ3n) is 9.13. The molecule has 3 rings (SSSR count). The van der Waals surface area contributed by atoms with Crippen LogP contribution in [0.5, 0.6) is 0 Å². The van der Waals surface area contributed by atoms with E-state index in [-0.39, 0.29) is 48.6 Å². The van der Waals surface area contributed by atoms with Crippen molar-refractivity contribution in [2.75, 3.05) is 7.05 Å². The monoisotopic (exact) mass is 533 g/mol. The molecular weight excluding hydrogens is 491 g/mol. The minimum atomic E-state index is -4.96. The standard InChI is InChI=1S/C27H42F3NO6/c1-6-26(3,4)25(35)37-21-12-17(31(5)24(34)27(28,29)30)11-16-8-7-15(2)20(23(16)21)10-9-19-13-18(32)14-22(33)36-19/h15-21,23,32H,6-14H2,1-5H3/t15-,16-,17-,18+,19-,20-,21-,23-/m0/s1. The Morgan fingerprint density at radius 1 is 1.14 bits per heavy atom. The molecule has 0 unspecified atom stereocenters. The van der Waals surface area contributed by atoms with E-state index >= 15 is 0 Å². The molecule has 1 saturated heterocycles. The molecule has 0 aromatic heterocycles. The first-order valence-electron chi connectivity index (χ1n) is 13.6. The molecule has 3 fully saturated rings. The van der Waals surface area contributed by atoms with E-state index in [2.05, 4.69) is 6.92 Å². The number of hydrogen-bond acceptors (Lipinski definition) is 6. The van der Waals surface area contributed by atoms with Gasteiger partial charge in [-0.2, -0.15) is 13.2 Å². The van der Waals surface area contributed by atoms with Crippen LogP contribution in [-0.2, 0) is 23.9 Å². The van der Waals surface area contributed by atoms with E-state index in [1.807, 2.05) is 6.92 Å². The number of fused-ring (bicyclic) bond motifs is 1. The van der Waals surface area contributed by atoms with Gasteiger partial charge in [0.15, 0.2) is 0 Å². The number of amides is 1. The highest BCUT2D eigenvalue weighted by Crippen LogP contribution is 2.50. The minimum Gasteiger partial charge on any atom is -0.462 e. The third kappa shape index (κ3) is 6.98. The Balaban J connectivity index is 1.84. The van der Waals surface area contributed by atoms with Crippen molar-refractivity contribution in [2.24, 2.45) is 29.1 Å². The van der Waals surface area contributed by atoms with Gasteiger partial charge in [-0.1, -0.05) is 20.3 Å². The summed E-state index contributed by atoms with van der Waals surface area (Å²) in [6.45, 7) is 7.60. The Hall–Kier alpha value is -1.84. The van der Waals surface area contributed by atoms with Gasteiger partial charge in [0, 0.05) is 31.8 Å². The number of alkyl halides is 3. The smallest absolute Gasteiger partial charge is 0.462 e. The highest BCUT2D eigenvalue weighted by molar-refractivity contribution is 5.82. The topological polar surface area (TPSA) is 93.1 Å². The van der Waals surface area contributed by atoms with Gasteiger partial charge in [-0.3, -0.25) is 14.4 Å². The van der Waals surface area contributed by atoms with Gasteiger partial charge in [-0.25, -0.2) is 0 Å². The minimum absolute atomic E-state index is 0.00216. The van der Waals surface area contributed by atoms with Gasteiger partial charge in [-0.05, 0) is 63.7 Å². The molecule has 10 heteroatoms. The van der Waals surface area contributed by atoms with E-state index in [4.69, 9.17) is 9.47 Å². The summed E-state index contributed by atoms with van der Waals surface area (Å²) in [6, 6.07) is -0.679. The van der Waals surface area contributed by atoms with E-state index in [0.717, 1.165) is 17.7 Å². The number of cyclic esters (lactones) is 1. The molecular formula is C27H42F3NO6. The normalized spacial score (nSPS) is 34.8. The van der Waals surface area contributed by atoms with E-state index < -0.39 is 41.7 Å². The van der Waals surface area contributed by atoms with Crippen LogP contribution in [0.4, 0.5) is 13.2 Å². The van der Waals surface area contributed by atoms with Gasteiger partial charge in [0.25, 0.3) is 0 Å². The largest absolute Gasteiger partial charge is 0.471 e. The lowest BCUT2D eigenvalue weighted by molar-refractivity contribution is -0.192. The summed E-state index contributed by atoms with van der Waals surface area (Å²) in [5.41, 5.74) is -0.738. The predicted octanol–water partition coefficient (Wildman–Crippen LogP) is 4.64. The van der Waals surface area contributed by atoms with Crippen molar-refractivity contribution >= 4 is 17.8 Å². The SMILES string of the molecule is CCC(C)(C)C(=O)O[C@H]1C[C@@H](N(C)C(=O)C(F)(F)F)C[C@@H]2CC[C@H](C)[C@H](CC[C@H]3C[C@@H](O)CC(=O)O3)[C@H]21. The predicted molar refractivity (Wildman–Crippen MR) is 129 cm³/mol. The van der Waals surface area contributed by atoms with Crippen LogP contribution in [-0.4, -0.2) is 65.4 Å². The van der Waals surface area contributed by atoms with Gasteiger partial charge in [0.1, 0.15) is 12.2 Å². The number of halogens is 3. The number of aliphatic hydroxyl groups is 1. The third-order valence-corrected chi connectivity index (χ3v) is 9.13. The Labute approximate surface area is 217 Å². The van der Waals surface area contributed by atoms with Gasteiger partial charge >= 0.3 is 24.0 Å². The van der Waals surface area contributed by atoms with Crippen molar-refractivity contribution in [1.29, 1.82) is 0 Å². The first kappa shape index (κ1) is 29.7. The van der Waals surface area contributed by atoms with Crippen LogP contribution in [0.2, 0.25) is 0 Å².